The molecule has 1 saturated carbocycles. The van der Waals surface area contributed by atoms with Crippen molar-refractivity contribution >= 4 is 18.6 Å². The Bertz CT molecular complexity index is 808. The molecule has 2 fully saturated rings. The van der Waals surface area contributed by atoms with Crippen molar-refractivity contribution < 1.29 is 19.2 Å². The number of carbonyl (C=O) groups is 1. The molecule has 1 aromatic rings. The Kier molecular flexibility index (Phi) is 7.89. The van der Waals surface area contributed by atoms with Gasteiger partial charge in [0.1, 0.15) is 5.75 Å². The van der Waals surface area contributed by atoms with Crippen molar-refractivity contribution in [1.29, 1.82) is 0 Å². The Labute approximate surface area is 191 Å². The average molecular weight is 441 g/mol. The summed E-state index contributed by atoms with van der Waals surface area (Å²) in [6, 6.07) is 6.96. The first-order chi connectivity index (χ1) is 15.5. The fourth-order valence-corrected chi connectivity index (χ4v) is 4.89. The molecule has 4 rings (SSSR count). The van der Waals surface area contributed by atoms with Gasteiger partial charge in [-0.25, -0.2) is 0 Å². The zero-order valence-corrected chi connectivity index (χ0v) is 19.1. The second-order valence-corrected chi connectivity index (χ2v) is 9.53. The zero-order chi connectivity index (χ0) is 22.5. The highest BCUT2D eigenvalue weighted by Gasteiger charge is 2.37. The summed E-state index contributed by atoms with van der Waals surface area (Å²) in [6.07, 6.45) is 5.40. The van der Waals surface area contributed by atoms with E-state index in [0.717, 1.165) is 68.7 Å². The van der Waals surface area contributed by atoms with Crippen molar-refractivity contribution in [2.24, 2.45) is 5.92 Å². The lowest BCUT2D eigenvalue weighted by molar-refractivity contribution is -0.122. The Morgan fingerprint density at radius 3 is 2.53 bits per heavy atom. The molecule has 1 saturated heterocycles. The number of nitrogens with one attached hydrogen (secondary N) is 3. The molecule has 1 aliphatic carbocycles. The van der Waals surface area contributed by atoms with Crippen LogP contribution in [-0.4, -0.2) is 62.4 Å². The molecule has 1 unspecified atom stereocenters. The molecule has 1 atom stereocenters. The summed E-state index contributed by atoms with van der Waals surface area (Å²) in [7, 11) is -1.05. The van der Waals surface area contributed by atoms with Crippen LogP contribution in [0, 0.1) is 5.92 Å². The van der Waals surface area contributed by atoms with Crippen LogP contribution in [0.4, 0.5) is 0 Å². The van der Waals surface area contributed by atoms with Gasteiger partial charge in [0, 0.05) is 31.1 Å². The number of allylic oxidation sites excluding steroid dienone is 1. The van der Waals surface area contributed by atoms with E-state index >= 15 is 0 Å². The number of amides is 1. The van der Waals surface area contributed by atoms with Crippen molar-refractivity contribution in [3.63, 3.8) is 0 Å². The third-order valence-electron chi connectivity index (χ3n) is 6.88. The Morgan fingerprint density at radius 2 is 1.88 bits per heavy atom. The van der Waals surface area contributed by atoms with Gasteiger partial charge in [0.2, 0.25) is 5.91 Å². The van der Waals surface area contributed by atoms with E-state index in [9.17, 15) is 9.82 Å². The van der Waals surface area contributed by atoms with Gasteiger partial charge in [-0.05, 0) is 56.1 Å². The van der Waals surface area contributed by atoms with Gasteiger partial charge in [-0.2, -0.15) is 0 Å². The summed E-state index contributed by atoms with van der Waals surface area (Å²) < 4.78 is 10.9. The lowest BCUT2D eigenvalue weighted by Crippen LogP contribution is -2.53. The number of benzene rings is 1. The molecule has 0 bridgehead atoms. The van der Waals surface area contributed by atoms with E-state index in [0.29, 0.717) is 36.6 Å². The maximum absolute atomic E-state index is 12.7. The highest BCUT2D eigenvalue weighted by molar-refractivity contribution is 6.46. The number of ether oxygens (including phenoxy) is 1. The fraction of sp³-hybridized carbons (Fsp3) is 0.625. The third-order valence-corrected chi connectivity index (χ3v) is 6.88. The number of fused-ring (bicyclic) bond motifs is 1. The predicted molar refractivity (Wildman–Crippen MR) is 126 cm³/mol. The van der Waals surface area contributed by atoms with E-state index in [1.165, 1.54) is 0 Å². The molecule has 1 amide bonds. The lowest BCUT2D eigenvalue weighted by Gasteiger charge is -2.32. The van der Waals surface area contributed by atoms with Gasteiger partial charge in [0.25, 0.3) is 0 Å². The first kappa shape index (κ1) is 23.3. The van der Waals surface area contributed by atoms with Crippen LogP contribution in [0.5, 0.6) is 5.75 Å². The van der Waals surface area contributed by atoms with Gasteiger partial charge < -0.3 is 30.4 Å². The molecule has 2 heterocycles. The van der Waals surface area contributed by atoms with Crippen molar-refractivity contribution in [2.75, 3.05) is 26.3 Å². The van der Waals surface area contributed by atoms with Crippen molar-refractivity contribution in [3.05, 3.63) is 35.9 Å². The van der Waals surface area contributed by atoms with E-state index in [4.69, 9.17) is 9.39 Å². The second kappa shape index (κ2) is 10.8. The summed E-state index contributed by atoms with van der Waals surface area (Å²) in [4.78, 5) is 12.7. The fourth-order valence-electron chi connectivity index (χ4n) is 4.89. The smallest absolute Gasteiger partial charge is 0.534 e. The van der Waals surface area contributed by atoms with Crippen molar-refractivity contribution in [3.8, 4) is 5.75 Å². The first-order valence-corrected chi connectivity index (χ1v) is 12.0. The molecule has 3 aliphatic rings. The van der Waals surface area contributed by atoms with Gasteiger partial charge in [0.15, 0.2) is 0 Å². The molecular formula is C24H36BN3O4. The van der Waals surface area contributed by atoms with Crippen LogP contribution in [0.3, 0.4) is 0 Å². The Hall–Kier alpha value is -1.87. The number of hydrogen-bond donors (Lipinski definition) is 4. The minimum atomic E-state index is -1.05. The molecule has 4 N–H and O–H groups in total. The predicted octanol–water partition coefficient (Wildman–Crippen LogP) is 1.69. The van der Waals surface area contributed by atoms with E-state index in [1.54, 1.807) is 0 Å². The zero-order valence-electron chi connectivity index (χ0n) is 19.1. The first-order valence-electron chi connectivity index (χ1n) is 12.0. The topological polar surface area (TPSA) is 91.9 Å². The Balaban J connectivity index is 1.17. The van der Waals surface area contributed by atoms with Crippen LogP contribution >= 0.6 is 0 Å². The van der Waals surface area contributed by atoms with Crippen LogP contribution in [0.1, 0.15) is 50.2 Å². The van der Waals surface area contributed by atoms with E-state index in [-0.39, 0.29) is 5.91 Å². The molecule has 8 heteroatoms. The van der Waals surface area contributed by atoms with E-state index in [2.05, 4.69) is 22.5 Å². The van der Waals surface area contributed by atoms with Crippen LogP contribution in [-0.2, 0) is 16.0 Å². The monoisotopic (exact) mass is 441 g/mol. The van der Waals surface area contributed by atoms with Gasteiger partial charge in [-0.1, -0.05) is 24.8 Å². The maximum atomic E-state index is 12.7. The highest BCUT2D eigenvalue weighted by Crippen LogP contribution is 2.33. The summed E-state index contributed by atoms with van der Waals surface area (Å²) in [6.45, 7) is 9.52. The SMILES string of the molecule is C=C(C)c1cccc2c1OB(O)C(NC(=O)CC1CCC(NCCNC3COC3)CC1)C2. The van der Waals surface area contributed by atoms with Gasteiger partial charge >= 0.3 is 7.12 Å². The molecule has 32 heavy (non-hydrogen) atoms. The number of rotatable bonds is 9. The minimum absolute atomic E-state index is 0.000447. The summed E-state index contributed by atoms with van der Waals surface area (Å²) >= 11 is 0. The summed E-state index contributed by atoms with van der Waals surface area (Å²) in [5.41, 5.74) is 2.79. The number of hydrogen-bond acceptors (Lipinski definition) is 6. The molecular weight excluding hydrogens is 405 g/mol. The largest absolute Gasteiger partial charge is 0.547 e. The molecule has 7 nitrogen and oxygen atoms in total. The average Bonchev–Trinajstić information content (AvgIpc) is 2.73. The number of para-hydroxylation sites is 1. The van der Waals surface area contributed by atoms with Crippen molar-refractivity contribution in [1.82, 2.24) is 16.0 Å². The molecule has 1 aromatic carbocycles. The number of carbonyl (C=O) groups excluding carboxylic acids is 1. The Morgan fingerprint density at radius 1 is 1.16 bits per heavy atom. The highest BCUT2D eigenvalue weighted by atomic mass is 16.5. The maximum Gasteiger partial charge on any atom is 0.547 e. The van der Waals surface area contributed by atoms with Crippen LogP contribution in [0.15, 0.2) is 24.8 Å². The normalized spacial score (nSPS) is 25.4. The van der Waals surface area contributed by atoms with E-state index in [1.807, 2.05) is 25.1 Å². The summed E-state index contributed by atoms with van der Waals surface area (Å²) in [5, 5.41) is 20.6. The van der Waals surface area contributed by atoms with Crippen molar-refractivity contribution in [2.45, 2.75) is 63.5 Å². The third kappa shape index (κ3) is 5.92. The van der Waals surface area contributed by atoms with Crippen LogP contribution in [0.25, 0.3) is 5.57 Å². The minimum Gasteiger partial charge on any atom is -0.534 e. The van der Waals surface area contributed by atoms with Crippen LogP contribution in [0.2, 0.25) is 0 Å². The molecule has 2 aliphatic heterocycles. The van der Waals surface area contributed by atoms with Crippen LogP contribution < -0.4 is 20.6 Å². The van der Waals surface area contributed by atoms with E-state index < -0.39 is 13.1 Å². The van der Waals surface area contributed by atoms with Gasteiger partial charge in [-0.15, -0.1) is 0 Å². The molecule has 0 aromatic heterocycles. The molecule has 0 radical (unpaired) electrons. The quantitative estimate of drug-likeness (QED) is 0.345. The van der Waals surface area contributed by atoms with Gasteiger partial charge in [0.05, 0.1) is 25.2 Å². The standard InChI is InChI=1S/C24H36BN3O4/c1-16(2)21-5-3-4-18-13-22(25(30)32-24(18)21)28-23(29)12-17-6-8-19(9-7-17)26-10-11-27-20-14-31-15-20/h3-5,17,19-20,22,26-27,30H,1,6-15H2,2H3,(H,28,29). The second-order valence-electron chi connectivity index (χ2n) is 9.53. The lowest BCUT2D eigenvalue weighted by atomic mass is 9.72. The van der Waals surface area contributed by atoms with Gasteiger partial charge in [-0.3, -0.25) is 4.79 Å². The summed E-state index contributed by atoms with van der Waals surface area (Å²) in [5.74, 6) is 0.657. The molecule has 174 valence electrons. The molecule has 0 spiro atoms.